The summed E-state index contributed by atoms with van der Waals surface area (Å²) in [4.78, 5) is 29.1. The Bertz CT molecular complexity index is 768. The topological polar surface area (TPSA) is 73.2 Å². The van der Waals surface area contributed by atoms with Gasteiger partial charge in [-0.2, -0.15) is 0 Å². The van der Waals surface area contributed by atoms with Crippen LogP contribution >= 0.6 is 0 Å². The Morgan fingerprint density at radius 1 is 1.28 bits per heavy atom. The number of ether oxygens (including phenoxy) is 1. The Balaban J connectivity index is 1.84. The molecule has 0 bridgehead atoms. The van der Waals surface area contributed by atoms with Gasteiger partial charge in [-0.15, -0.1) is 0 Å². The molecule has 6 heteroatoms. The van der Waals surface area contributed by atoms with Gasteiger partial charge in [0.1, 0.15) is 11.5 Å². The van der Waals surface area contributed by atoms with Gasteiger partial charge in [-0.25, -0.2) is 4.98 Å². The van der Waals surface area contributed by atoms with Crippen molar-refractivity contribution in [2.75, 3.05) is 7.11 Å². The summed E-state index contributed by atoms with van der Waals surface area (Å²) in [5.74, 6) is 0.262. The third-order valence-electron chi connectivity index (χ3n) is 4.63. The van der Waals surface area contributed by atoms with E-state index in [2.05, 4.69) is 14.9 Å². The standard InChI is InChI=1S/C19H23N3O3/c1-13-20-18(16-10-6-7-11-22(13)16)19(24)21-15(12-17(23)25-2)14-8-4-3-5-9-14/h3-5,8-9,15H,6-7,10-12H2,1-2H3,(H,21,24). The molecule has 25 heavy (non-hydrogen) atoms. The van der Waals surface area contributed by atoms with E-state index in [-0.39, 0.29) is 18.3 Å². The fraction of sp³-hybridized carbons (Fsp3) is 0.421. The Morgan fingerprint density at radius 2 is 2.04 bits per heavy atom. The summed E-state index contributed by atoms with van der Waals surface area (Å²) < 4.78 is 6.90. The average molecular weight is 341 g/mol. The van der Waals surface area contributed by atoms with Crippen LogP contribution in [0.1, 0.15) is 52.9 Å². The molecule has 1 N–H and O–H groups in total. The molecule has 0 fully saturated rings. The lowest BCUT2D eigenvalue weighted by Crippen LogP contribution is -2.31. The Kier molecular flexibility index (Phi) is 5.16. The molecular weight excluding hydrogens is 318 g/mol. The van der Waals surface area contributed by atoms with Gasteiger partial charge in [-0.3, -0.25) is 9.59 Å². The van der Waals surface area contributed by atoms with Crippen molar-refractivity contribution >= 4 is 11.9 Å². The van der Waals surface area contributed by atoms with Crippen LogP contribution in [0.15, 0.2) is 30.3 Å². The van der Waals surface area contributed by atoms with E-state index in [1.165, 1.54) is 7.11 Å². The minimum atomic E-state index is -0.442. The van der Waals surface area contributed by atoms with E-state index in [0.29, 0.717) is 5.69 Å². The fourth-order valence-corrected chi connectivity index (χ4v) is 3.32. The number of esters is 1. The van der Waals surface area contributed by atoms with Crippen LogP contribution in [0.5, 0.6) is 0 Å². The van der Waals surface area contributed by atoms with E-state index in [0.717, 1.165) is 42.9 Å². The monoisotopic (exact) mass is 341 g/mol. The molecule has 1 atom stereocenters. The van der Waals surface area contributed by atoms with E-state index < -0.39 is 6.04 Å². The van der Waals surface area contributed by atoms with Crippen molar-refractivity contribution in [3.05, 3.63) is 53.1 Å². The molecule has 2 aromatic rings. The third kappa shape index (κ3) is 3.73. The van der Waals surface area contributed by atoms with Crippen molar-refractivity contribution in [1.82, 2.24) is 14.9 Å². The fourth-order valence-electron chi connectivity index (χ4n) is 3.32. The molecule has 1 aliphatic rings. The van der Waals surface area contributed by atoms with Crippen LogP contribution in [0.3, 0.4) is 0 Å². The van der Waals surface area contributed by atoms with Gasteiger partial charge >= 0.3 is 5.97 Å². The lowest BCUT2D eigenvalue weighted by Gasteiger charge is -2.19. The van der Waals surface area contributed by atoms with Gasteiger partial charge in [-0.1, -0.05) is 30.3 Å². The minimum Gasteiger partial charge on any atom is -0.469 e. The van der Waals surface area contributed by atoms with Gasteiger partial charge in [-0.05, 0) is 31.7 Å². The summed E-state index contributed by atoms with van der Waals surface area (Å²) in [7, 11) is 1.35. The van der Waals surface area contributed by atoms with E-state index >= 15 is 0 Å². The zero-order valence-electron chi connectivity index (χ0n) is 14.6. The highest BCUT2D eigenvalue weighted by Crippen LogP contribution is 2.23. The Morgan fingerprint density at radius 3 is 2.76 bits per heavy atom. The molecule has 0 spiro atoms. The average Bonchev–Trinajstić information content (AvgIpc) is 2.99. The molecule has 0 saturated carbocycles. The van der Waals surface area contributed by atoms with Crippen LogP contribution in [0.25, 0.3) is 0 Å². The van der Waals surface area contributed by atoms with Gasteiger partial charge in [0.25, 0.3) is 5.91 Å². The summed E-state index contributed by atoms with van der Waals surface area (Å²) in [5, 5.41) is 2.96. The summed E-state index contributed by atoms with van der Waals surface area (Å²) in [6.45, 7) is 2.83. The number of fused-ring (bicyclic) bond motifs is 1. The maximum atomic E-state index is 12.8. The zero-order chi connectivity index (χ0) is 17.8. The number of aryl methyl sites for hydroxylation is 1. The van der Waals surface area contributed by atoms with Gasteiger partial charge < -0.3 is 14.6 Å². The minimum absolute atomic E-state index is 0.0846. The number of imidazole rings is 1. The van der Waals surface area contributed by atoms with Crippen LogP contribution in [0.2, 0.25) is 0 Å². The van der Waals surface area contributed by atoms with Crippen LogP contribution in [0.4, 0.5) is 0 Å². The number of amides is 1. The molecule has 6 nitrogen and oxygen atoms in total. The molecule has 132 valence electrons. The van der Waals surface area contributed by atoms with Crippen LogP contribution < -0.4 is 5.32 Å². The molecule has 2 heterocycles. The summed E-state index contributed by atoms with van der Waals surface area (Å²) >= 11 is 0. The number of nitrogens with one attached hydrogen (secondary N) is 1. The molecular formula is C19H23N3O3. The summed E-state index contributed by atoms with van der Waals surface area (Å²) in [6.07, 6.45) is 3.12. The number of hydrogen-bond acceptors (Lipinski definition) is 4. The number of rotatable bonds is 5. The van der Waals surface area contributed by atoms with Crippen molar-refractivity contribution < 1.29 is 14.3 Å². The Hall–Kier alpha value is -2.63. The molecule has 0 saturated heterocycles. The normalized spacial score (nSPS) is 14.5. The van der Waals surface area contributed by atoms with Gasteiger partial charge in [0.05, 0.1) is 25.3 Å². The molecule has 3 rings (SSSR count). The number of nitrogens with zero attached hydrogens (tertiary/aromatic N) is 2. The molecule has 0 radical (unpaired) electrons. The first-order chi connectivity index (χ1) is 12.1. The van der Waals surface area contributed by atoms with Crippen molar-refractivity contribution in [3.8, 4) is 0 Å². The van der Waals surface area contributed by atoms with Crippen molar-refractivity contribution in [1.29, 1.82) is 0 Å². The molecule has 1 aliphatic heterocycles. The van der Waals surface area contributed by atoms with Gasteiger partial charge in [0, 0.05) is 6.54 Å². The van der Waals surface area contributed by atoms with Gasteiger partial charge in [0.15, 0.2) is 0 Å². The lowest BCUT2D eigenvalue weighted by atomic mass is 10.0. The number of aromatic nitrogens is 2. The highest BCUT2D eigenvalue weighted by atomic mass is 16.5. The van der Waals surface area contributed by atoms with E-state index in [1.54, 1.807) is 0 Å². The number of benzene rings is 1. The maximum absolute atomic E-state index is 12.8. The first-order valence-electron chi connectivity index (χ1n) is 8.58. The molecule has 1 aromatic heterocycles. The molecule has 0 aliphatic carbocycles. The largest absolute Gasteiger partial charge is 0.469 e. The summed E-state index contributed by atoms with van der Waals surface area (Å²) in [6, 6.07) is 9.00. The SMILES string of the molecule is COC(=O)CC(NC(=O)c1nc(C)n2c1CCCC2)c1ccccc1. The van der Waals surface area contributed by atoms with Crippen molar-refractivity contribution in [3.63, 3.8) is 0 Å². The van der Waals surface area contributed by atoms with E-state index in [9.17, 15) is 9.59 Å². The highest BCUT2D eigenvalue weighted by molar-refractivity contribution is 5.94. The number of hydrogen-bond donors (Lipinski definition) is 1. The first-order valence-corrected chi connectivity index (χ1v) is 8.58. The van der Waals surface area contributed by atoms with E-state index in [4.69, 9.17) is 4.74 Å². The van der Waals surface area contributed by atoms with Crippen LogP contribution in [-0.4, -0.2) is 28.5 Å². The highest BCUT2D eigenvalue weighted by Gasteiger charge is 2.26. The lowest BCUT2D eigenvalue weighted by molar-refractivity contribution is -0.141. The number of carbonyl (C=O) groups is 2. The Labute approximate surface area is 147 Å². The van der Waals surface area contributed by atoms with Gasteiger partial charge in [0.2, 0.25) is 0 Å². The second-order valence-electron chi connectivity index (χ2n) is 6.28. The smallest absolute Gasteiger partial charge is 0.307 e. The number of methoxy groups -OCH3 is 1. The zero-order valence-corrected chi connectivity index (χ0v) is 14.6. The number of carbonyl (C=O) groups excluding carboxylic acids is 2. The quantitative estimate of drug-likeness (QED) is 0.848. The molecule has 1 aromatic carbocycles. The summed E-state index contributed by atoms with van der Waals surface area (Å²) in [5.41, 5.74) is 2.33. The molecule has 1 unspecified atom stereocenters. The predicted octanol–water partition coefficient (Wildman–Crippen LogP) is 2.56. The van der Waals surface area contributed by atoms with Crippen LogP contribution in [0, 0.1) is 6.92 Å². The second-order valence-corrected chi connectivity index (χ2v) is 6.28. The third-order valence-corrected chi connectivity index (χ3v) is 4.63. The molecule has 1 amide bonds. The predicted molar refractivity (Wildman–Crippen MR) is 93.2 cm³/mol. The maximum Gasteiger partial charge on any atom is 0.307 e. The van der Waals surface area contributed by atoms with Crippen LogP contribution in [-0.2, 0) is 22.5 Å². The second kappa shape index (κ2) is 7.51. The van der Waals surface area contributed by atoms with E-state index in [1.807, 2.05) is 37.3 Å². The first kappa shape index (κ1) is 17.2. The van der Waals surface area contributed by atoms with Crippen molar-refractivity contribution in [2.24, 2.45) is 0 Å². The van der Waals surface area contributed by atoms with Crippen molar-refractivity contribution in [2.45, 2.75) is 45.2 Å².